The van der Waals surface area contributed by atoms with Crippen LogP contribution in [0.2, 0.25) is 0 Å². The fourth-order valence-electron chi connectivity index (χ4n) is 1.56. The quantitative estimate of drug-likeness (QED) is 0.360. The first-order valence-corrected chi connectivity index (χ1v) is 6.92. The zero-order chi connectivity index (χ0) is 15.4. The highest BCUT2D eigenvalue weighted by Gasteiger charge is 2.21. The van der Waals surface area contributed by atoms with Crippen molar-refractivity contribution in [2.75, 3.05) is 14.1 Å². The van der Waals surface area contributed by atoms with E-state index in [-0.39, 0.29) is 5.76 Å². The van der Waals surface area contributed by atoms with Gasteiger partial charge in [0.25, 0.3) is 5.78 Å². The number of benzene rings is 1. The third kappa shape index (κ3) is 3.88. The molecule has 0 bridgehead atoms. The van der Waals surface area contributed by atoms with Crippen LogP contribution in [-0.2, 0) is 0 Å². The Morgan fingerprint density at radius 1 is 1.10 bits per heavy atom. The van der Waals surface area contributed by atoms with Gasteiger partial charge in [-0.2, -0.15) is 5.10 Å². The van der Waals surface area contributed by atoms with Gasteiger partial charge in [0.2, 0.25) is 5.78 Å². The van der Waals surface area contributed by atoms with Crippen LogP contribution in [-0.4, -0.2) is 36.9 Å². The molecule has 0 atom stereocenters. The molecule has 0 aliphatic carbocycles. The Bertz CT molecular complexity index is 687. The monoisotopic (exact) mass is 348 g/mol. The van der Waals surface area contributed by atoms with E-state index in [9.17, 15) is 9.59 Å². The van der Waals surface area contributed by atoms with Crippen molar-refractivity contribution in [3.8, 4) is 0 Å². The number of ketones is 2. The maximum atomic E-state index is 12.1. The summed E-state index contributed by atoms with van der Waals surface area (Å²) < 4.78 is 6.15. The molecule has 0 saturated carbocycles. The minimum Gasteiger partial charge on any atom is -0.451 e. The van der Waals surface area contributed by atoms with Crippen molar-refractivity contribution in [1.82, 2.24) is 5.01 Å². The van der Waals surface area contributed by atoms with E-state index in [0.29, 0.717) is 11.3 Å². The molecule has 108 valence electrons. The molecule has 2 aromatic rings. The summed E-state index contributed by atoms with van der Waals surface area (Å²) >= 11 is 3.28. The molecule has 0 N–H and O–H groups in total. The third-order valence-corrected chi connectivity index (χ3v) is 3.11. The summed E-state index contributed by atoms with van der Waals surface area (Å²) in [6.07, 6.45) is 1.47. The molecule has 0 unspecified atom stereocenters. The van der Waals surface area contributed by atoms with E-state index in [2.05, 4.69) is 21.0 Å². The number of hydrogen-bond acceptors (Lipinski definition) is 5. The average molecular weight is 349 g/mol. The number of furan rings is 1. The predicted octanol–water partition coefficient (Wildman–Crippen LogP) is 3.00. The molecule has 0 saturated heterocycles. The largest absolute Gasteiger partial charge is 0.451 e. The van der Waals surface area contributed by atoms with Crippen LogP contribution in [0.4, 0.5) is 0 Å². The Kier molecular flexibility index (Phi) is 4.70. The molecule has 1 aromatic carbocycles. The van der Waals surface area contributed by atoms with Crippen LogP contribution >= 0.6 is 15.9 Å². The molecule has 0 aliphatic rings. The second-order valence-corrected chi connectivity index (χ2v) is 5.37. The van der Waals surface area contributed by atoms with Gasteiger partial charge in [-0.15, -0.1) is 0 Å². The van der Waals surface area contributed by atoms with Crippen LogP contribution in [0, 0.1) is 0 Å². The molecule has 0 fully saturated rings. The molecule has 1 heterocycles. The summed E-state index contributed by atoms with van der Waals surface area (Å²) in [6.45, 7) is 0. The molecule has 2 rings (SSSR count). The second-order valence-electron chi connectivity index (χ2n) is 4.46. The van der Waals surface area contributed by atoms with Crippen LogP contribution in [0.5, 0.6) is 0 Å². The number of hydrazone groups is 1. The van der Waals surface area contributed by atoms with Gasteiger partial charge < -0.3 is 9.43 Å². The third-order valence-electron chi connectivity index (χ3n) is 2.58. The molecule has 0 amide bonds. The molecule has 5 nitrogen and oxygen atoms in total. The SMILES string of the molecule is CN(C)N=Cc1ccc(C(=O)C(=O)c2ccc(Br)cc2)o1. The predicted molar refractivity (Wildman–Crippen MR) is 82.8 cm³/mol. The summed E-state index contributed by atoms with van der Waals surface area (Å²) in [4.78, 5) is 24.1. The lowest BCUT2D eigenvalue weighted by atomic mass is 10.1. The molecular weight excluding hydrogens is 336 g/mol. The van der Waals surface area contributed by atoms with Crippen LogP contribution in [0.25, 0.3) is 0 Å². The minimum atomic E-state index is -0.679. The van der Waals surface area contributed by atoms with Gasteiger partial charge in [0.1, 0.15) is 5.76 Å². The lowest BCUT2D eigenvalue weighted by Gasteiger charge is -2.00. The highest BCUT2D eigenvalue weighted by Crippen LogP contribution is 2.14. The molecular formula is C15H13BrN2O3. The zero-order valence-electron chi connectivity index (χ0n) is 11.5. The first kappa shape index (κ1) is 15.2. The van der Waals surface area contributed by atoms with Crippen molar-refractivity contribution in [3.63, 3.8) is 0 Å². The summed E-state index contributed by atoms with van der Waals surface area (Å²) in [5.74, 6) is -0.867. The Labute approximate surface area is 130 Å². The maximum Gasteiger partial charge on any atom is 0.268 e. The van der Waals surface area contributed by atoms with E-state index in [4.69, 9.17) is 4.42 Å². The first-order chi connectivity index (χ1) is 9.97. The number of carbonyl (C=O) groups is 2. The highest BCUT2D eigenvalue weighted by molar-refractivity contribution is 9.10. The summed E-state index contributed by atoms with van der Waals surface area (Å²) in [5, 5.41) is 5.59. The Morgan fingerprint density at radius 2 is 1.76 bits per heavy atom. The Balaban J connectivity index is 2.16. The van der Waals surface area contributed by atoms with Crippen LogP contribution < -0.4 is 0 Å². The topological polar surface area (TPSA) is 62.9 Å². The van der Waals surface area contributed by atoms with Gasteiger partial charge in [-0.05, 0) is 36.4 Å². The average Bonchev–Trinajstić information content (AvgIpc) is 2.93. The number of Topliss-reactive ketones (excluding diaryl/α,β-unsaturated/α-hetero) is 2. The molecule has 21 heavy (non-hydrogen) atoms. The van der Waals surface area contributed by atoms with Crippen molar-refractivity contribution >= 4 is 33.7 Å². The first-order valence-electron chi connectivity index (χ1n) is 6.13. The van der Waals surface area contributed by atoms with Gasteiger partial charge in [0, 0.05) is 24.1 Å². The normalized spacial score (nSPS) is 10.8. The zero-order valence-corrected chi connectivity index (χ0v) is 13.1. The molecule has 0 radical (unpaired) electrons. The number of carbonyl (C=O) groups excluding carboxylic acids is 2. The van der Waals surface area contributed by atoms with Gasteiger partial charge in [-0.3, -0.25) is 9.59 Å². The van der Waals surface area contributed by atoms with Gasteiger partial charge in [-0.1, -0.05) is 15.9 Å². The fourth-order valence-corrected chi connectivity index (χ4v) is 1.83. The van der Waals surface area contributed by atoms with Gasteiger partial charge in [0.15, 0.2) is 5.76 Å². The molecule has 0 spiro atoms. The van der Waals surface area contributed by atoms with Crippen LogP contribution in [0.3, 0.4) is 0 Å². The van der Waals surface area contributed by atoms with Gasteiger partial charge in [-0.25, -0.2) is 0 Å². The molecule has 0 aliphatic heterocycles. The standard InChI is InChI=1S/C15H13BrN2O3/c1-18(2)17-9-12-7-8-13(21-12)15(20)14(19)10-3-5-11(16)6-4-10/h3-9H,1-2H3. The van der Waals surface area contributed by atoms with E-state index in [1.54, 1.807) is 49.4 Å². The van der Waals surface area contributed by atoms with Crippen molar-refractivity contribution in [2.45, 2.75) is 0 Å². The lowest BCUT2D eigenvalue weighted by Crippen LogP contribution is -2.13. The maximum absolute atomic E-state index is 12.1. The number of nitrogens with zero attached hydrogens (tertiary/aromatic N) is 2. The Morgan fingerprint density at radius 3 is 2.38 bits per heavy atom. The van der Waals surface area contributed by atoms with Crippen molar-refractivity contribution in [3.05, 3.63) is 58.0 Å². The van der Waals surface area contributed by atoms with Gasteiger partial charge >= 0.3 is 0 Å². The second kappa shape index (κ2) is 6.49. The summed E-state index contributed by atoms with van der Waals surface area (Å²) in [7, 11) is 3.53. The van der Waals surface area contributed by atoms with E-state index >= 15 is 0 Å². The lowest BCUT2D eigenvalue weighted by molar-refractivity contribution is 0.0800. The van der Waals surface area contributed by atoms with Gasteiger partial charge in [0.05, 0.1) is 6.21 Å². The van der Waals surface area contributed by atoms with E-state index in [1.165, 1.54) is 12.3 Å². The van der Waals surface area contributed by atoms with E-state index < -0.39 is 11.6 Å². The van der Waals surface area contributed by atoms with Crippen LogP contribution in [0.15, 0.2) is 50.4 Å². The minimum absolute atomic E-state index is 0.00289. The highest BCUT2D eigenvalue weighted by atomic mass is 79.9. The van der Waals surface area contributed by atoms with Crippen molar-refractivity contribution in [1.29, 1.82) is 0 Å². The van der Waals surface area contributed by atoms with E-state index in [1.807, 2.05) is 0 Å². The smallest absolute Gasteiger partial charge is 0.268 e. The van der Waals surface area contributed by atoms with E-state index in [0.717, 1.165) is 4.47 Å². The number of halogens is 1. The summed E-state index contributed by atoms with van der Waals surface area (Å²) in [5.41, 5.74) is 0.322. The van der Waals surface area contributed by atoms with Crippen LogP contribution in [0.1, 0.15) is 26.7 Å². The van der Waals surface area contributed by atoms with Crippen molar-refractivity contribution < 1.29 is 14.0 Å². The fraction of sp³-hybridized carbons (Fsp3) is 0.133. The molecule has 6 heteroatoms. The number of hydrogen-bond donors (Lipinski definition) is 0. The molecule has 1 aromatic heterocycles. The van der Waals surface area contributed by atoms with Crippen molar-refractivity contribution in [2.24, 2.45) is 5.10 Å². The Hall–Kier alpha value is -2.21. The summed E-state index contributed by atoms with van der Waals surface area (Å²) in [6, 6.07) is 9.64. The number of rotatable bonds is 5.